The molecule has 2 saturated carbocycles. The van der Waals surface area contributed by atoms with Gasteiger partial charge in [0.2, 0.25) is 0 Å². The van der Waals surface area contributed by atoms with Crippen LogP contribution in [-0.2, 0) is 0 Å². The molecule has 2 rings (SSSR count). The van der Waals surface area contributed by atoms with E-state index in [1.165, 1.54) is 31.3 Å². The third-order valence-electron chi connectivity index (χ3n) is 4.12. The molecule has 2 aliphatic carbocycles. The van der Waals surface area contributed by atoms with Crippen molar-refractivity contribution < 1.29 is 0 Å². The summed E-state index contributed by atoms with van der Waals surface area (Å²) in [7, 11) is 0. The lowest BCUT2D eigenvalue weighted by atomic mass is 10.0. The van der Waals surface area contributed by atoms with Crippen molar-refractivity contribution in [1.82, 2.24) is 0 Å². The molecule has 0 radical (unpaired) electrons. The fourth-order valence-corrected chi connectivity index (χ4v) is 3.29. The summed E-state index contributed by atoms with van der Waals surface area (Å²) >= 11 is 0. The molecule has 0 spiro atoms. The van der Waals surface area contributed by atoms with Gasteiger partial charge in [0.1, 0.15) is 0 Å². The van der Waals surface area contributed by atoms with Gasteiger partial charge in [-0.25, -0.2) is 0 Å². The van der Waals surface area contributed by atoms with Crippen LogP contribution >= 0.6 is 0 Å². The molecular formula is C13H23N. The standard InChI is InChI=1S/C13H23N/c1-9(2)7-8-12(14)13-10-5-3-4-6-11(10)13/h10-13H,1,3-8,14H2,2H3. The van der Waals surface area contributed by atoms with Crippen LogP contribution in [0, 0.1) is 17.8 Å². The van der Waals surface area contributed by atoms with Crippen LogP contribution in [0.2, 0.25) is 0 Å². The molecule has 0 saturated heterocycles. The molecule has 2 N–H and O–H groups in total. The van der Waals surface area contributed by atoms with Gasteiger partial charge in [-0.05, 0) is 50.4 Å². The summed E-state index contributed by atoms with van der Waals surface area (Å²) in [6.45, 7) is 6.05. The second-order valence-corrected chi connectivity index (χ2v) is 5.35. The number of hydrogen-bond donors (Lipinski definition) is 1. The van der Waals surface area contributed by atoms with Crippen molar-refractivity contribution in [3.05, 3.63) is 12.2 Å². The van der Waals surface area contributed by atoms with Crippen LogP contribution in [0.4, 0.5) is 0 Å². The Labute approximate surface area is 87.8 Å². The number of hydrogen-bond acceptors (Lipinski definition) is 1. The Morgan fingerprint density at radius 1 is 1.36 bits per heavy atom. The maximum Gasteiger partial charge on any atom is 0.00757 e. The molecule has 2 aliphatic rings. The molecule has 0 aromatic rings. The minimum absolute atomic E-state index is 0.458. The van der Waals surface area contributed by atoms with E-state index in [1.807, 2.05) is 0 Å². The third-order valence-corrected chi connectivity index (χ3v) is 4.12. The van der Waals surface area contributed by atoms with Gasteiger partial charge in [0.05, 0.1) is 0 Å². The Hall–Kier alpha value is -0.300. The molecule has 14 heavy (non-hydrogen) atoms. The summed E-state index contributed by atoms with van der Waals surface area (Å²) < 4.78 is 0. The smallest absolute Gasteiger partial charge is 0.00757 e. The highest BCUT2D eigenvalue weighted by Crippen LogP contribution is 2.57. The minimum Gasteiger partial charge on any atom is -0.327 e. The van der Waals surface area contributed by atoms with Crippen LogP contribution < -0.4 is 5.73 Å². The fourth-order valence-electron chi connectivity index (χ4n) is 3.29. The van der Waals surface area contributed by atoms with E-state index in [0.717, 1.165) is 30.6 Å². The summed E-state index contributed by atoms with van der Waals surface area (Å²) in [4.78, 5) is 0. The lowest BCUT2D eigenvalue weighted by Gasteiger charge is -2.10. The van der Waals surface area contributed by atoms with E-state index in [4.69, 9.17) is 5.73 Å². The SMILES string of the molecule is C=C(C)CCC(N)C1C2CCCCC21. The highest BCUT2D eigenvalue weighted by molar-refractivity contribution is 5.04. The lowest BCUT2D eigenvalue weighted by molar-refractivity contribution is 0.480. The second-order valence-electron chi connectivity index (χ2n) is 5.35. The predicted octanol–water partition coefficient (Wildman–Crippen LogP) is 3.11. The van der Waals surface area contributed by atoms with Gasteiger partial charge < -0.3 is 5.73 Å². The van der Waals surface area contributed by atoms with E-state index in [1.54, 1.807) is 0 Å². The second kappa shape index (κ2) is 4.06. The molecular weight excluding hydrogens is 170 g/mol. The molecule has 0 bridgehead atoms. The van der Waals surface area contributed by atoms with Crippen molar-refractivity contribution in [1.29, 1.82) is 0 Å². The molecule has 0 aliphatic heterocycles. The first-order valence-electron chi connectivity index (χ1n) is 6.10. The Bertz CT molecular complexity index is 209. The van der Waals surface area contributed by atoms with Crippen LogP contribution in [0.1, 0.15) is 45.4 Å². The average Bonchev–Trinajstić information content (AvgIpc) is 2.88. The molecule has 1 nitrogen and oxygen atoms in total. The highest BCUT2D eigenvalue weighted by Gasteiger charge is 2.52. The summed E-state index contributed by atoms with van der Waals surface area (Å²) in [5.74, 6) is 2.88. The zero-order valence-electron chi connectivity index (χ0n) is 9.34. The molecule has 0 amide bonds. The first kappa shape index (κ1) is 10.2. The topological polar surface area (TPSA) is 26.0 Å². The number of nitrogens with two attached hydrogens (primary N) is 1. The van der Waals surface area contributed by atoms with Crippen LogP contribution in [0.15, 0.2) is 12.2 Å². The fraction of sp³-hybridized carbons (Fsp3) is 0.846. The van der Waals surface area contributed by atoms with E-state index < -0.39 is 0 Å². The van der Waals surface area contributed by atoms with Crippen molar-refractivity contribution in [2.45, 2.75) is 51.5 Å². The Kier molecular flexibility index (Phi) is 2.96. The van der Waals surface area contributed by atoms with Gasteiger partial charge in [-0.2, -0.15) is 0 Å². The van der Waals surface area contributed by atoms with E-state index in [-0.39, 0.29) is 0 Å². The van der Waals surface area contributed by atoms with Crippen LogP contribution in [-0.4, -0.2) is 6.04 Å². The molecule has 0 aromatic heterocycles. The largest absolute Gasteiger partial charge is 0.327 e. The number of rotatable bonds is 4. The molecule has 2 fully saturated rings. The normalized spacial score (nSPS) is 37.4. The van der Waals surface area contributed by atoms with Crippen molar-refractivity contribution in [3.63, 3.8) is 0 Å². The molecule has 1 heteroatoms. The monoisotopic (exact) mass is 193 g/mol. The van der Waals surface area contributed by atoms with Gasteiger partial charge in [-0.15, -0.1) is 6.58 Å². The number of allylic oxidation sites excluding steroid dienone is 1. The summed E-state index contributed by atoms with van der Waals surface area (Å²) in [5.41, 5.74) is 7.53. The van der Waals surface area contributed by atoms with Gasteiger partial charge in [0.15, 0.2) is 0 Å². The first-order chi connectivity index (χ1) is 6.70. The first-order valence-corrected chi connectivity index (χ1v) is 6.10. The van der Waals surface area contributed by atoms with Crippen molar-refractivity contribution in [2.24, 2.45) is 23.5 Å². The maximum absolute atomic E-state index is 6.25. The third kappa shape index (κ3) is 2.03. The zero-order valence-corrected chi connectivity index (χ0v) is 9.34. The van der Waals surface area contributed by atoms with Gasteiger partial charge in [0.25, 0.3) is 0 Å². The minimum atomic E-state index is 0.458. The van der Waals surface area contributed by atoms with Crippen molar-refractivity contribution in [2.75, 3.05) is 0 Å². The average molecular weight is 193 g/mol. The maximum atomic E-state index is 6.25. The molecule has 3 atom stereocenters. The summed E-state index contributed by atoms with van der Waals surface area (Å²) in [6.07, 6.45) is 8.09. The van der Waals surface area contributed by atoms with E-state index >= 15 is 0 Å². The molecule has 3 unspecified atom stereocenters. The molecule has 80 valence electrons. The predicted molar refractivity (Wildman–Crippen MR) is 61.0 cm³/mol. The van der Waals surface area contributed by atoms with E-state index in [2.05, 4.69) is 13.5 Å². The summed E-state index contributed by atoms with van der Waals surface area (Å²) in [6, 6.07) is 0.458. The van der Waals surface area contributed by atoms with Gasteiger partial charge >= 0.3 is 0 Å². The van der Waals surface area contributed by atoms with E-state index in [0.29, 0.717) is 6.04 Å². The Balaban J connectivity index is 1.76. The molecule has 0 aromatic carbocycles. The lowest BCUT2D eigenvalue weighted by Crippen LogP contribution is -2.23. The van der Waals surface area contributed by atoms with Crippen LogP contribution in [0.5, 0.6) is 0 Å². The van der Waals surface area contributed by atoms with Crippen molar-refractivity contribution >= 4 is 0 Å². The van der Waals surface area contributed by atoms with Gasteiger partial charge in [-0.3, -0.25) is 0 Å². The van der Waals surface area contributed by atoms with Crippen molar-refractivity contribution in [3.8, 4) is 0 Å². The molecule has 0 heterocycles. The Morgan fingerprint density at radius 2 is 1.93 bits per heavy atom. The summed E-state index contributed by atoms with van der Waals surface area (Å²) in [5, 5.41) is 0. The number of fused-ring (bicyclic) bond motifs is 1. The van der Waals surface area contributed by atoms with Crippen LogP contribution in [0.25, 0.3) is 0 Å². The quantitative estimate of drug-likeness (QED) is 0.682. The van der Waals surface area contributed by atoms with Gasteiger partial charge in [-0.1, -0.05) is 18.4 Å². The van der Waals surface area contributed by atoms with Crippen LogP contribution in [0.3, 0.4) is 0 Å². The van der Waals surface area contributed by atoms with Gasteiger partial charge in [0, 0.05) is 6.04 Å². The highest BCUT2D eigenvalue weighted by atomic mass is 14.7. The van der Waals surface area contributed by atoms with E-state index in [9.17, 15) is 0 Å². The zero-order chi connectivity index (χ0) is 10.1. The Morgan fingerprint density at radius 3 is 2.43 bits per heavy atom.